The molecule has 3 N–H and O–H groups in total. The maximum Gasteiger partial charge on any atom is 0.252 e. The van der Waals surface area contributed by atoms with Gasteiger partial charge >= 0.3 is 0 Å². The van der Waals surface area contributed by atoms with E-state index in [1.807, 2.05) is 78.9 Å². The van der Waals surface area contributed by atoms with Gasteiger partial charge in [0.15, 0.2) is 11.6 Å². The molecule has 10 heteroatoms. The summed E-state index contributed by atoms with van der Waals surface area (Å²) in [6.07, 6.45) is 7.93. The summed E-state index contributed by atoms with van der Waals surface area (Å²) < 4.78 is 12.3. The third-order valence-electron chi connectivity index (χ3n) is 8.57. The Morgan fingerprint density at radius 2 is 1.80 bits per heavy atom. The number of hydrogen-bond donors (Lipinski definition) is 3. The van der Waals surface area contributed by atoms with Crippen LogP contribution in [0.15, 0.2) is 95.0 Å². The van der Waals surface area contributed by atoms with E-state index in [-0.39, 0.29) is 32.0 Å². The third kappa shape index (κ3) is 7.95. The molecule has 46 heavy (non-hydrogen) atoms. The van der Waals surface area contributed by atoms with E-state index in [0.29, 0.717) is 48.6 Å². The molecule has 1 aliphatic carbocycles. The number of nitrogens with one attached hydrogen (secondary N) is 1. The number of rotatable bonds is 14. The van der Waals surface area contributed by atoms with Crippen molar-refractivity contribution >= 4 is 17.9 Å². The van der Waals surface area contributed by atoms with Gasteiger partial charge in [-0.25, -0.2) is 4.99 Å². The van der Waals surface area contributed by atoms with E-state index in [4.69, 9.17) is 25.1 Å². The summed E-state index contributed by atoms with van der Waals surface area (Å²) in [5.74, 6) is 0.583. The van der Waals surface area contributed by atoms with Crippen LogP contribution in [0.25, 0.3) is 16.5 Å². The Labute approximate surface area is 269 Å². The standard InChI is InChI=1S/C36H41N5O5/c37-41-39-25-29-14-5-6-15-31(29)32-36(22-9-13-27-11-3-1-4-12-27,34(43)38-26-35(44)20-7-2-8-21-35)40-33(46-32)28-16-18-30(19-17-28)45-24-10-23-42/h1,3-6,9,11-19,32,42,44H,2,7-8,10,20-26H2,(H,38,43)/b13-9+/t32-,36-/m1/s1. The first kappa shape index (κ1) is 32.8. The lowest BCUT2D eigenvalue weighted by Gasteiger charge is -2.35. The van der Waals surface area contributed by atoms with Crippen LogP contribution in [0.4, 0.5) is 0 Å². The number of carbonyl (C=O) groups is 1. The lowest BCUT2D eigenvalue weighted by Crippen LogP contribution is -2.53. The van der Waals surface area contributed by atoms with Crippen LogP contribution >= 0.6 is 0 Å². The quantitative estimate of drug-likeness (QED) is 0.0819. The second-order valence-corrected chi connectivity index (χ2v) is 11.9. The molecular weight excluding hydrogens is 582 g/mol. The van der Waals surface area contributed by atoms with Gasteiger partial charge in [0.2, 0.25) is 5.90 Å². The number of carbonyl (C=O) groups excluding carboxylic acids is 1. The monoisotopic (exact) mass is 623 g/mol. The molecule has 0 unspecified atom stereocenters. The van der Waals surface area contributed by atoms with Gasteiger partial charge in [0.05, 0.1) is 18.8 Å². The molecule has 240 valence electrons. The van der Waals surface area contributed by atoms with Gasteiger partial charge in [-0.2, -0.15) is 0 Å². The molecule has 0 aromatic heterocycles. The normalized spacial score (nSPS) is 20.4. The van der Waals surface area contributed by atoms with Crippen molar-refractivity contribution in [2.45, 2.75) is 68.7 Å². The highest BCUT2D eigenvalue weighted by Gasteiger charge is 2.53. The Morgan fingerprint density at radius 1 is 1.07 bits per heavy atom. The number of aliphatic hydroxyl groups excluding tert-OH is 1. The third-order valence-corrected chi connectivity index (χ3v) is 8.57. The van der Waals surface area contributed by atoms with Gasteiger partial charge in [-0.05, 0) is 59.3 Å². The molecule has 1 aliphatic heterocycles. The van der Waals surface area contributed by atoms with Crippen molar-refractivity contribution in [2.75, 3.05) is 19.8 Å². The van der Waals surface area contributed by atoms with Gasteiger partial charge in [0, 0.05) is 36.5 Å². The van der Waals surface area contributed by atoms with Gasteiger partial charge in [0.25, 0.3) is 5.91 Å². The van der Waals surface area contributed by atoms with Crippen LogP contribution in [0.2, 0.25) is 0 Å². The van der Waals surface area contributed by atoms with Crippen molar-refractivity contribution in [3.8, 4) is 5.75 Å². The molecule has 0 bridgehead atoms. The van der Waals surface area contributed by atoms with Crippen molar-refractivity contribution in [1.29, 1.82) is 0 Å². The van der Waals surface area contributed by atoms with Crippen molar-refractivity contribution in [3.63, 3.8) is 0 Å². The molecule has 1 saturated carbocycles. The average Bonchev–Trinajstić information content (AvgIpc) is 3.48. The Kier molecular flexibility index (Phi) is 11.1. The van der Waals surface area contributed by atoms with Gasteiger partial charge in [0.1, 0.15) is 5.75 Å². The van der Waals surface area contributed by atoms with Crippen LogP contribution in [-0.4, -0.2) is 52.9 Å². The number of benzene rings is 3. The fourth-order valence-corrected chi connectivity index (χ4v) is 6.06. The smallest absolute Gasteiger partial charge is 0.252 e. The second kappa shape index (κ2) is 15.6. The minimum absolute atomic E-state index is 0.0472. The molecule has 0 spiro atoms. The van der Waals surface area contributed by atoms with Crippen LogP contribution in [0.1, 0.15) is 73.3 Å². The fraction of sp³-hybridized carbons (Fsp3) is 0.389. The largest absolute Gasteiger partial charge is 0.494 e. The SMILES string of the molecule is [N-]=[N+]=NCc1ccccc1[C@H]1OC(c2ccc(OCCCO)cc2)=N[C@@]1(C/C=C/c1ccccc1)C(=O)NCC1(O)CCCCC1. The predicted octanol–water partition coefficient (Wildman–Crippen LogP) is 6.43. The fourth-order valence-electron chi connectivity index (χ4n) is 6.06. The summed E-state index contributed by atoms with van der Waals surface area (Å²) >= 11 is 0. The maximum atomic E-state index is 14.5. The number of aliphatic hydroxyl groups is 2. The number of nitrogens with zero attached hydrogens (tertiary/aromatic N) is 4. The van der Waals surface area contributed by atoms with Crippen LogP contribution in [0.3, 0.4) is 0 Å². The number of azide groups is 1. The van der Waals surface area contributed by atoms with E-state index >= 15 is 0 Å². The zero-order valence-corrected chi connectivity index (χ0v) is 25.9. The van der Waals surface area contributed by atoms with E-state index in [1.165, 1.54) is 0 Å². The van der Waals surface area contributed by atoms with E-state index < -0.39 is 17.2 Å². The predicted molar refractivity (Wildman–Crippen MR) is 177 cm³/mol. The summed E-state index contributed by atoms with van der Waals surface area (Å²) in [6, 6.07) is 24.5. The van der Waals surface area contributed by atoms with Crippen molar-refractivity contribution in [1.82, 2.24) is 5.32 Å². The molecule has 0 saturated heterocycles. The molecule has 3 aromatic rings. The summed E-state index contributed by atoms with van der Waals surface area (Å²) in [5, 5.41) is 27.2. The zero-order valence-electron chi connectivity index (χ0n) is 25.9. The molecule has 1 heterocycles. The highest BCUT2D eigenvalue weighted by atomic mass is 16.5. The van der Waals surface area contributed by atoms with Crippen LogP contribution < -0.4 is 10.1 Å². The van der Waals surface area contributed by atoms with E-state index in [1.54, 1.807) is 12.1 Å². The molecule has 3 aromatic carbocycles. The Balaban J connectivity index is 1.56. The Bertz CT molecular complexity index is 1560. The first-order valence-corrected chi connectivity index (χ1v) is 15.9. The molecule has 2 aliphatic rings. The van der Waals surface area contributed by atoms with Crippen LogP contribution in [-0.2, 0) is 16.1 Å². The minimum Gasteiger partial charge on any atom is -0.494 e. The summed E-state index contributed by atoms with van der Waals surface area (Å²) in [5.41, 5.74) is 9.74. The van der Waals surface area contributed by atoms with Gasteiger partial charge in [-0.15, -0.1) is 0 Å². The molecule has 5 rings (SSSR count). The summed E-state index contributed by atoms with van der Waals surface area (Å²) in [4.78, 5) is 22.5. The molecule has 10 nitrogen and oxygen atoms in total. The van der Waals surface area contributed by atoms with Crippen molar-refractivity contribution in [2.24, 2.45) is 10.1 Å². The number of aliphatic imine (C=N–C) groups is 1. The van der Waals surface area contributed by atoms with E-state index in [9.17, 15) is 9.90 Å². The molecule has 1 amide bonds. The Hall–Kier alpha value is -4.63. The molecule has 2 atom stereocenters. The first-order valence-electron chi connectivity index (χ1n) is 15.9. The Morgan fingerprint density at radius 3 is 2.54 bits per heavy atom. The topological polar surface area (TPSA) is 149 Å². The second-order valence-electron chi connectivity index (χ2n) is 11.9. The van der Waals surface area contributed by atoms with Gasteiger partial charge in [-0.1, -0.05) is 91.1 Å². The van der Waals surface area contributed by atoms with Gasteiger partial charge in [-0.3, -0.25) is 4.79 Å². The van der Waals surface area contributed by atoms with Gasteiger partial charge < -0.3 is 25.0 Å². The minimum atomic E-state index is -1.44. The molecule has 0 radical (unpaired) electrons. The number of ether oxygens (including phenoxy) is 2. The lowest BCUT2D eigenvalue weighted by molar-refractivity contribution is -0.130. The average molecular weight is 624 g/mol. The molecule has 1 fully saturated rings. The lowest BCUT2D eigenvalue weighted by atomic mass is 9.81. The van der Waals surface area contributed by atoms with E-state index in [0.717, 1.165) is 30.4 Å². The van der Waals surface area contributed by atoms with Crippen LogP contribution in [0.5, 0.6) is 5.75 Å². The van der Waals surface area contributed by atoms with Crippen molar-refractivity contribution in [3.05, 3.63) is 118 Å². The highest BCUT2D eigenvalue weighted by molar-refractivity contribution is 6.01. The first-order chi connectivity index (χ1) is 22.5. The number of hydrogen-bond acceptors (Lipinski definition) is 7. The van der Waals surface area contributed by atoms with Crippen molar-refractivity contribution < 1.29 is 24.5 Å². The van der Waals surface area contributed by atoms with Crippen LogP contribution in [0, 0.1) is 0 Å². The summed E-state index contributed by atoms with van der Waals surface area (Å²) in [7, 11) is 0. The zero-order chi connectivity index (χ0) is 32.2. The number of amides is 1. The highest BCUT2D eigenvalue weighted by Crippen LogP contribution is 2.44. The van der Waals surface area contributed by atoms with E-state index in [2.05, 4.69) is 15.3 Å². The molecular formula is C36H41N5O5. The summed E-state index contributed by atoms with van der Waals surface area (Å²) in [6.45, 7) is 0.638. The maximum absolute atomic E-state index is 14.5.